The van der Waals surface area contributed by atoms with Gasteiger partial charge < -0.3 is 4.90 Å². The molecule has 4 rings (SSSR count). The molecule has 0 amide bonds. The molecule has 5 heteroatoms. The Kier molecular flexibility index (Phi) is 3.98. The van der Waals surface area contributed by atoms with Gasteiger partial charge in [0.05, 0.1) is 4.90 Å². The maximum Gasteiger partial charge on any atom is 0.262 e. The molecule has 1 aliphatic heterocycles. The van der Waals surface area contributed by atoms with E-state index in [1.54, 1.807) is 12.1 Å². The molecule has 0 saturated heterocycles. The lowest BCUT2D eigenvalue weighted by Gasteiger charge is -2.25. The van der Waals surface area contributed by atoms with E-state index >= 15 is 0 Å². The number of likely N-dealkylation sites (N-methyl/N-ethyl adjacent to an activating group) is 1. The average molecular weight is 352 g/mol. The molecular formula is C20H20N2O2S. The zero-order valence-corrected chi connectivity index (χ0v) is 14.9. The Morgan fingerprint density at radius 1 is 0.960 bits per heavy atom. The lowest BCUT2D eigenvalue weighted by atomic mass is 10.00. The minimum atomic E-state index is -3.64. The Hall–Kier alpha value is -2.37. The van der Waals surface area contributed by atoms with Crippen molar-refractivity contribution in [1.29, 1.82) is 0 Å². The highest BCUT2D eigenvalue weighted by Gasteiger charge is 2.19. The average Bonchev–Trinajstić information content (AvgIpc) is 2.61. The molecule has 0 radical (unpaired) electrons. The van der Waals surface area contributed by atoms with Crippen LogP contribution < -0.4 is 4.72 Å². The first-order chi connectivity index (χ1) is 12.0. The van der Waals surface area contributed by atoms with Crippen molar-refractivity contribution in [1.82, 2.24) is 4.90 Å². The first kappa shape index (κ1) is 16.1. The second-order valence-electron chi connectivity index (χ2n) is 6.55. The maximum atomic E-state index is 12.9. The number of nitrogens with one attached hydrogen (secondary N) is 1. The second kappa shape index (κ2) is 6.17. The van der Waals surface area contributed by atoms with E-state index in [2.05, 4.69) is 16.7 Å². The fraction of sp³-hybridized carbons (Fsp3) is 0.200. The summed E-state index contributed by atoms with van der Waals surface area (Å²) in [7, 11) is -1.54. The highest BCUT2D eigenvalue weighted by Crippen LogP contribution is 2.27. The number of rotatable bonds is 3. The van der Waals surface area contributed by atoms with Crippen molar-refractivity contribution < 1.29 is 8.42 Å². The van der Waals surface area contributed by atoms with Crippen LogP contribution in [0.4, 0.5) is 5.69 Å². The molecule has 1 aliphatic rings. The molecular weight excluding hydrogens is 332 g/mol. The number of nitrogens with zero attached hydrogens (tertiary/aromatic N) is 1. The Bertz CT molecular complexity index is 1040. The van der Waals surface area contributed by atoms with Crippen LogP contribution in [0.2, 0.25) is 0 Å². The van der Waals surface area contributed by atoms with Crippen LogP contribution in [-0.2, 0) is 23.0 Å². The molecule has 4 nitrogen and oxygen atoms in total. The third kappa shape index (κ3) is 3.13. The molecule has 128 valence electrons. The van der Waals surface area contributed by atoms with Gasteiger partial charge in [0.2, 0.25) is 0 Å². The van der Waals surface area contributed by atoms with Crippen molar-refractivity contribution in [3.8, 4) is 0 Å². The number of anilines is 1. The van der Waals surface area contributed by atoms with Crippen LogP contribution in [0, 0.1) is 0 Å². The van der Waals surface area contributed by atoms with Crippen LogP contribution in [-0.4, -0.2) is 26.9 Å². The van der Waals surface area contributed by atoms with E-state index in [0.717, 1.165) is 30.3 Å². The molecule has 0 unspecified atom stereocenters. The predicted octanol–water partition coefficient (Wildman–Crippen LogP) is 3.63. The van der Waals surface area contributed by atoms with E-state index in [-0.39, 0.29) is 0 Å². The number of hydrogen-bond acceptors (Lipinski definition) is 3. The Balaban J connectivity index is 1.70. The van der Waals surface area contributed by atoms with Crippen LogP contribution in [0.1, 0.15) is 11.1 Å². The Labute approximate surface area is 148 Å². The first-order valence-corrected chi connectivity index (χ1v) is 9.82. The molecule has 3 aromatic rings. The normalized spacial score (nSPS) is 15.1. The molecule has 0 aromatic heterocycles. The molecule has 0 spiro atoms. The lowest BCUT2D eigenvalue weighted by Crippen LogP contribution is -2.26. The fourth-order valence-corrected chi connectivity index (χ4v) is 4.68. The summed E-state index contributed by atoms with van der Waals surface area (Å²) in [5.41, 5.74) is 3.11. The van der Waals surface area contributed by atoms with Gasteiger partial charge in [0.15, 0.2) is 0 Å². The zero-order chi connectivity index (χ0) is 17.4. The van der Waals surface area contributed by atoms with Gasteiger partial charge >= 0.3 is 0 Å². The summed E-state index contributed by atoms with van der Waals surface area (Å²) >= 11 is 0. The SMILES string of the molecule is CN1CCc2cc(NS(=O)(=O)c3cccc4ccccc34)ccc2C1. The van der Waals surface area contributed by atoms with Crippen LogP contribution in [0.5, 0.6) is 0 Å². The minimum absolute atomic E-state index is 0.308. The van der Waals surface area contributed by atoms with Crippen molar-refractivity contribution in [2.24, 2.45) is 0 Å². The summed E-state index contributed by atoms with van der Waals surface area (Å²) in [6.45, 7) is 1.90. The third-order valence-corrected chi connectivity index (χ3v) is 6.14. The third-order valence-electron chi connectivity index (χ3n) is 4.70. The van der Waals surface area contributed by atoms with Gasteiger partial charge in [-0.2, -0.15) is 0 Å². The summed E-state index contributed by atoms with van der Waals surface area (Å²) in [5, 5.41) is 1.65. The number of fused-ring (bicyclic) bond motifs is 2. The Morgan fingerprint density at radius 3 is 2.64 bits per heavy atom. The van der Waals surface area contributed by atoms with E-state index in [9.17, 15) is 8.42 Å². The molecule has 3 aromatic carbocycles. The van der Waals surface area contributed by atoms with Crippen molar-refractivity contribution in [3.05, 3.63) is 71.8 Å². The second-order valence-corrected chi connectivity index (χ2v) is 8.20. The van der Waals surface area contributed by atoms with Gasteiger partial charge in [0, 0.05) is 24.2 Å². The van der Waals surface area contributed by atoms with Crippen molar-refractivity contribution >= 4 is 26.5 Å². The summed E-state index contributed by atoms with van der Waals surface area (Å²) in [6.07, 6.45) is 0.940. The quantitative estimate of drug-likeness (QED) is 0.783. The van der Waals surface area contributed by atoms with Gasteiger partial charge in [0.1, 0.15) is 0 Å². The molecule has 0 fully saturated rings. The summed E-state index contributed by atoms with van der Waals surface area (Å²) < 4.78 is 28.6. The number of sulfonamides is 1. The molecule has 0 aliphatic carbocycles. The van der Waals surface area contributed by atoms with Gasteiger partial charge in [-0.3, -0.25) is 4.72 Å². The van der Waals surface area contributed by atoms with Crippen molar-refractivity contribution in [2.45, 2.75) is 17.9 Å². The predicted molar refractivity (Wildman–Crippen MR) is 101 cm³/mol. The standard InChI is InChI=1S/C20H20N2O2S/c1-22-12-11-16-13-18(10-9-17(16)14-22)21-25(23,24)20-8-4-6-15-5-2-3-7-19(15)20/h2-10,13,21H,11-12,14H2,1H3. The largest absolute Gasteiger partial charge is 0.302 e. The summed E-state index contributed by atoms with van der Waals surface area (Å²) in [4.78, 5) is 2.57. The summed E-state index contributed by atoms with van der Waals surface area (Å²) in [5.74, 6) is 0. The van der Waals surface area contributed by atoms with Gasteiger partial charge in [0.25, 0.3) is 10.0 Å². The van der Waals surface area contributed by atoms with Gasteiger partial charge in [-0.1, -0.05) is 42.5 Å². The topological polar surface area (TPSA) is 49.4 Å². The van der Waals surface area contributed by atoms with Crippen LogP contribution in [0.15, 0.2) is 65.6 Å². The van der Waals surface area contributed by atoms with E-state index in [4.69, 9.17) is 0 Å². The van der Waals surface area contributed by atoms with E-state index in [0.29, 0.717) is 10.6 Å². The highest BCUT2D eigenvalue weighted by molar-refractivity contribution is 7.93. The monoisotopic (exact) mass is 352 g/mol. The maximum absolute atomic E-state index is 12.9. The van der Waals surface area contributed by atoms with E-state index < -0.39 is 10.0 Å². The van der Waals surface area contributed by atoms with E-state index in [1.807, 2.05) is 48.5 Å². The number of benzene rings is 3. The molecule has 1 N–H and O–H groups in total. The lowest BCUT2D eigenvalue weighted by molar-refractivity contribution is 0.313. The van der Waals surface area contributed by atoms with E-state index in [1.165, 1.54) is 11.1 Å². The molecule has 25 heavy (non-hydrogen) atoms. The zero-order valence-electron chi connectivity index (χ0n) is 14.1. The molecule has 0 saturated carbocycles. The van der Waals surface area contributed by atoms with Gasteiger partial charge in [-0.15, -0.1) is 0 Å². The van der Waals surface area contributed by atoms with Crippen molar-refractivity contribution in [2.75, 3.05) is 18.3 Å². The fourth-order valence-electron chi connectivity index (χ4n) is 3.40. The Morgan fingerprint density at radius 2 is 1.76 bits per heavy atom. The number of hydrogen-bond donors (Lipinski definition) is 1. The molecule has 0 bridgehead atoms. The smallest absolute Gasteiger partial charge is 0.262 e. The molecule has 0 atom stereocenters. The van der Waals surface area contributed by atoms with Crippen LogP contribution in [0.25, 0.3) is 10.8 Å². The van der Waals surface area contributed by atoms with Crippen LogP contribution >= 0.6 is 0 Å². The first-order valence-electron chi connectivity index (χ1n) is 8.34. The van der Waals surface area contributed by atoms with Gasteiger partial charge in [-0.05, 0) is 48.2 Å². The van der Waals surface area contributed by atoms with Crippen LogP contribution in [0.3, 0.4) is 0 Å². The van der Waals surface area contributed by atoms with Gasteiger partial charge in [-0.25, -0.2) is 8.42 Å². The minimum Gasteiger partial charge on any atom is -0.302 e. The highest BCUT2D eigenvalue weighted by atomic mass is 32.2. The molecule has 1 heterocycles. The van der Waals surface area contributed by atoms with Crippen molar-refractivity contribution in [3.63, 3.8) is 0 Å². The summed E-state index contributed by atoms with van der Waals surface area (Å²) in [6, 6.07) is 18.7.